The molecule has 8 heteroatoms. The smallest absolute Gasteiger partial charge is 0.361 e. The van der Waals surface area contributed by atoms with E-state index in [9.17, 15) is 9.59 Å². The molecule has 0 spiro atoms. The minimum Gasteiger partial charge on any atom is -1.00 e. The van der Waals surface area contributed by atoms with Crippen molar-refractivity contribution in [3.63, 3.8) is 0 Å². The van der Waals surface area contributed by atoms with Gasteiger partial charge in [-0.25, -0.2) is 9.59 Å². The van der Waals surface area contributed by atoms with E-state index in [2.05, 4.69) is 88.4 Å². The number of nitrogens with zero attached hydrogens (tertiary/aromatic N) is 2. The van der Waals surface area contributed by atoms with Crippen LogP contribution < -0.4 is 24.8 Å². The highest BCUT2D eigenvalue weighted by molar-refractivity contribution is 5.71. The van der Waals surface area contributed by atoms with Crippen LogP contribution in [0.1, 0.15) is 142 Å². The zero-order chi connectivity index (χ0) is 39.9. The Balaban J connectivity index is 0.00000580. The second-order valence-electron chi connectivity index (χ2n) is 17.5. The number of likely N-dealkylation sites (tertiary alicyclic amines) is 2. The van der Waals surface area contributed by atoms with Gasteiger partial charge < -0.3 is 43.3 Å². The van der Waals surface area contributed by atoms with Crippen LogP contribution in [0.15, 0.2) is 71.8 Å². The molecule has 2 saturated heterocycles. The number of esters is 2. The number of halogens is 2. The van der Waals surface area contributed by atoms with E-state index in [0.29, 0.717) is 26.3 Å². The van der Waals surface area contributed by atoms with E-state index in [4.69, 9.17) is 9.47 Å². The maximum Gasteiger partial charge on any atom is 0.361 e. The van der Waals surface area contributed by atoms with Crippen molar-refractivity contribution in [2.75, 3.05) is 65.6 Å². The van der Waals surface area contributed by atoms with Crippen molar-refractivity contribution in [3.05, 3.63) is 83.0 Å². The van der Waals surface area contributed by atoms with E-state index in [-0.39, 0.29) is 36.8 Å². The summed E-state index contributed by atoms with van der Waals surface area (Å²) in [6.45, 7) is 17.1. The van der Waals surface area contributed by atoms with E-state index < -0.39 is 0 Å². The third-order valence-corrected chi connectivity index (χ3v) is 12.3. The quantitative estimate of drug-likeness (QED) is 0.0585. The lowest BCUT2D eigenvalue weighted by atomic mass is 9.98. The summed E-state index contributed by atoms with van der Waals surface area (Å²) in [5.74, 6) is -0.0466. The number of benzene rings is 2. The molecule has 0 N–H and O–H groups in total. The van der Waals surface area contributed by atoms with Gasteiger partial charge in [0.05, 0.1) is 52.5 Å². The summed E-state index contributed by atoms with van der Waals surface area (Å²) in [5, 5.41) is 0. The number of carbonyl (C=O) groups is 2. The van der Waals surface area contributed by atoms with Crippen molar-refractivity contribution in [3.8, 4) is 11.1 Å². The molecule has 2 aliphatic rings. The Labute approximate surface area is 366 Å². The van der Waals surface area contributed by atoms with Gasteiger partial charge in [-0.2, -0.15) is 0 Å². The fraction of sp³-hybridized carbons (Fsp3) is 0.640. The second-order valence-corrected chi connectivity index (χ2v) is 17.5. The molecule has 326 valence electrons. The molecule has 2 aliphatic heterocycles. The van der Waals surface area contributed by atoms with Crippen molar-refractivity contribution >= 4 is 11.9 Å². The van der Waals surface area contributed by atoms with Crippen LogP contribution >= 0.6 is 0 Å². The SMILES string of the molecule is CCCCCCCOC(=O)C[N+]1(C/C=C(/C)Cc2ccc(-c3ccc(C/C(C)=C\C[N+]4(CC(=O)OCCCCCCC)CCCCC4)cc3)cc2)CCCCC1.[Cl-].[Cl-]. The van der Waals surface area contributed by atoms with Crippen molar-refractivity contribution in [2.24, 2.45) is 0 Å². The van der Waals surface area contributed by atoms with Crippen molar-refractivity contribution in [1.82, 2.24) is 0 Å². The summed E-state index contributed by atoms with van der Waals surface area (Å²) in [6, 6.07) is 18.0. The lowest BCUT2D eigenvalue weighted by Gasteiger charge is -2.40. The Morgan fingerprint density at radius 2 is 0.862 bits per heavy atom. The predicted molar refractivity (Wildman–Crippen MR) is 233 cm³/mol. The fourth-order valence-electron chi connectivity index (χ4n) is 8.72. The fourth-order valence-corrected chi connectivity index (χ4v) is 8.72. The van der Waals surface area contributed by atoms with E-state index in [1.165, 1.54) is 110 Å². The van der Waals surface area contributed by atoms with Gasteiger partial charge in [-0.15, -0.1) is 0 Å². The van der Waals surface area contributed by atoms with Gasteiger partial charge in [-0.3, -0.25) is 0 Å². The number of allylic oxidation sites excluding steroid dienone is 2. The van der Waals surface area contributed by atoms with E-state index in [1.807, 2.05) is 0 Å². The third-order valence-electron chi connectivity index (χ3n) is 12.3. The van der Waals surface area contributed by atoms with E-state index in [0.717, 1.165) is 86.8 Å². The van der Waals surface area contributed by atoms with Gasteiger partial charge >= 0.3 is 11.9 Å². The monoisotopic (exact) mass is 841 g/mol. The first kappa shape index (κ1) is 51.5. The topological polar surface area (TPSA) is 52.6 Å². The van der Waals surface area contributed by atoms with Crippen LogP contribution in [-0.4, -0.2) is 86.5 Å². The van der Waals surface area contributed by atoms with E-state index >= 15 is 0 Å². The van der Waals surface area contributed by atoms with Crippen LogP contribution in [0.25, 0.3) is 11.1 Å². The first-order valence-corrected chi connectivity index (χ1v) is 22.7. The largest absolute Gasteiger partial charge is 1.00 e. The van der Waals surface area contributed by atoms with Crippen LogP contribution in [0.5, 0.6) is 0 Å². The van der Waals surface area contributed by atoms with Crippen LogP contribution in [0.2, 0.25) is 0 Å². The van der Waals surface area contributed by atoms with Gasteiger partial charge in [0.15, 0.2) is 13.1 Å². The summed E-state index contributed by atoms with van der Waals surface area (Å²) in [6.07, 6.45) is 25.6. The van der Waals surface area contributed by atoms with Gasteiger partial charge in [0.1, 0.15) is 0 Å². The maximum atomic E-state index is 12.9. The molecule has 0 atom stereocenters. The molecule has 2 heterocycles. The molecule has 0 aromatic heterocycles. The highest BCUT2D eigenvalue weighted by Crippen LogP contribution is 2.25. The van der Waals surface area contributed by atoms with Gasteiger partial charge in [0.25, 0.3) is 0 Å². The minimum atomic E-state index is -0.0233. The number of ether oxygens (including phenoxy) is 2. The standard InChI is InChI=1S/C50H78N2O4.2ClH/c1-5-7-9-11-19-37-55-49(53)41-51(31-15-13-16-32-51)35-29-43(3)39-45-21-25-47(26-22-45)48-27-23-46(24-28-48)40-44(4)30-36-52(33-17-14-18-34-52)42-50(54)56-38-20-12-10-8-6-2;;/h21-30H,5-20,31-42H2,1-4H3;2*1H/q+2;;/p-2/b43-29-,44-30-;;. The number of unbranched alkanes of at least 4 members (excludes halogenated alkanes) is 8. The normalized spacial score (nSPS) is 16.5. The Hall–Kier alpha value is -2.64. The van der Waals surface area contributed by atoms with E-state index in [1.54, 1.807) is 0 Å². The second kappa shape index (κ2) is 28.8. The molecule has 6 nitrogen and oxygen atoms in total. The number of carbonyl (C=O) groups excluding carboxylic acids is 2. The molecule has 0 bridgehead atoms. The van der Waals surface area contributed by atoms with Crippen molar-refractivity contribution in [2.45, 2.75) is 143 Å². The van der Waals surface area contributed by atoms with Crippen LogP contribution in [0.3, 0.4) is 0 Å². The van der Waals surface area contributed by atoms with Crippen molar-refractivity contribution < 1.29 is 52.8 Å². The predicted octanol–water partition coefficient (Wildman–Crippen LogP) is 5.37. The zero-order valence-electron chi connectivity index (χ0n) is 36.9. The van der Waals surface area contributed by atoms with Crippen molar-refractivity contribution in [1.29, 1.82) is 0 Å². The van der Waals surface area contributed by atoms with Crippen LogP contribution in [0, 0.1) is 0 Å². The summed E-state index contributed by atoms with van der Waals surface area (Å²) in [5.41, 5.74) is 7.83. The number of hydrogen-bond donors (Lipinski definition) is 0. The summed E-state index contributed by atoms with van der Waals surface area (Å²) in [7, 11) is 0. The lowest BCUT2D eigenvalue weighted by molar-refractivity contribution is -0.920. The number of piperidine rings is 2. The summed E-state index contributed by atoms with van der Waals surface area (Å²) < 4.78 is 13.1. The van der Waals surface area contributed by atoms with Crippen LogP contribution in [0.4, 0.5) is 0 Å². The average molecular weight is 842 g/mol. The molecule has 2 fully saturated rings. The first-order valence-electron chi connectivity index (χ1n) is 22.7. The summed E-state index contributed by atoms with van der Waals surface area (Å²) in [4.78, 5) is 25.7. The highest BCUT2D eigenvalue weighted by Gasteiger charge is 2.33. The molecule has 58 heavy (non-hydrogen) atoms. The van der Waals surface area contributed by atoms with Gasteiger partial charge in [0, 0.05) is 0 Å². The Bertz CT molecular complexity index is 1380. The first-order chi connectivity index (χ1) is 27.2. The molecular formula is C50H78Cl2N2O4. The Morgan fingerprint density at radius 1 is 0.517 bits per heavy atom. The van der Waals surface area contributed by atoms with Gasteiger partial charge in [-0.1, -0.05) is 125 Å². The molecule has 0 amide bonds. The Morgan fingerprint density at radius 3 is 1.21 bits per heavy atom. The molecule has 0 unspecified atom stereocenters. The third kappa shape index (κ3) is 19.2. The number of rotatable bonds is 25. The molecule has 0 radical (unpaired) electrons. The lowest BCUT2D eigenvalue weighted by Crippen LogP contribution is -3.00. The number of quaternary nitrogens is 2. The van der Waals surface area contributed by atoms with Crippen LogP contribution in [-0.2, 0) is 31.9 Å². The molecule has 2 aromatic carbocycles. The molecular weight excluding hydrogens is 763 g/mol. The molecule has 0 aliphatic carbocycles. The highest BCUT2D eigenvalue weighted by atomic mass is 35.5. The average Bonchev–Trinajstić information content (AvgIpc) is 3.20. The van der Waals surface area contributed by atoms with Gasteiger partial charge in [0.2, 0.25) is 0 Å². The summed E-state index contributed by atoms with van der Waals surface area (Å²) >= 11 is 0. The Kier molecular flexibility index (Phi) is 25.5. The zero-order valence-corrected chi connectivity index (χ0v) is 38.4. The molecule has 4 rings (SSSR count). The maximum absolute atomic E-state index is 12.9. The molecule has 2 aromatic rings. The van der Waals surface area contributed by atoms with Gasteiger partial charge in [-0.05, 0) is 112 Å². The minimum absolute atomic E-state index is 0. The molecule has 0 saturated carbocycles. The number of hydrogen-bond acceptors (Lipinski definition) is 4.